The summed E-state index contributed by atoms with van der Waals surface area (Å²) in [5, 5.41) is 10.5. The molecule has 4 heteroatoms. The van der Waals surface area contributed by atoms with Crippen LogP contribution in [0.1, 0.15) is 26.9 Å². The van der Waals surface area contributed by atoms with E-state index in [9.17, 15) is 13.9 Å². The van der Waals surface area contributed by atoms with Crippen molar-refractivity contribution in [2.24, 2.45) is 0 Å². The van der Waals surface area contributed by atoms with Crippen molar-refractivity contribution in [3.63, 3.8) is 0 Å². The summed E-state index contributed by atoms with van der Waals surface area (Å²) >= 11 is 0.650. The molecule has 1 unspecified atom stereocenters. The predicted molar refractivity (Wildman–Crippen MR) is 66.4 cm³/mol. The lowest BCUT2D eigenvalue weighted by atomic mass is 9.97. The van der Waals surface area contributed by atoms with Crippen molar-refractivity contribution < 1.29 is 18.0 Å². The molecule has 0 aliphatic carbocycles. The Morgan fingerprint density at radius 1 is 1.22 bits per heavy atom. The van der Waals surface area contributed by atoms with Crippen LogP contribution in [-0.4, -0.2) is 5.11 Å². The van der Waals surface area contributed by atoms with Gasteiger partial charge in [0.15, 0.2) is 11.6 Å². The highest BCUT2D eigenvalue weighted by Gasteiger charge is 2.25. The van der Waals surface area contributed by atoms with Gasteiger partial charge in [0.25, 0.3) is 0 Å². The van der Waals surface area contributed by atoms with Gasteiger partial charge in [0.1, 0.15) is 6.08 Å². The van der Waals surface area contributed by atoms with Crippen LogP contribution < -0.4 is 0 Å². The van der Waals surface area contributed by atoms with Crippen LogP contribution in [-0.2, 0) is 5.70 Å². The molecule has 3 rings (SSSR count). The van der Waals surface area contributed by atoms with Crippen LogP contribution in [0.5, 0.6) is 0 Å². The third-order valence-corrected chi connectivity index (χ3v) is 3.64. The molecule has 0 saturated heterocycles. The molecule has 0 aromatic heterocycles. The zero-order valence-electron chi connectivity index (χ0n) is 12.1. The lowest BCUT2D eigenvalue weighted by Crippen LogP contribution is -2.05. The molecule has 1 nitrogen and oxygen atoms in total. The molecule has 0 spiro atoms. The van der Waals surface area contributed by atoms with Gasteiger partial charge in [-0.05, 0) is 23.3 Å². The molecule has 1 aliphatic heterocycles. The Balaban J connectivity index is 2.41. The molecule has 0 amide bonds. The largest absolute Gasteiger partial charge is 0.384 e. The highest BCUT2D eigenvalue weighted by Crippen LogP contribution is 2.40. The first kappa shape index (κ1) is 8.67. The maximum atomic E-state index is 14.1. The quantitative estimate of drug-likeness (QED) is 0.786. The summed E-state index contributed by atoms with van der Waals surface area (Å²) < 4.78 is 51.8. The van der Waals surface area contributed by atoms with E-state index in [1.807, 2.05) is 0 Å². The van der Waals surface area contributed by atoms with E-state index in [0.717, 1.165) is 12.1 Å². The van der Waals surface area contributed by atoms with Crippen LogP contribution in [0.3, 0.4) is 0 Å². The van der Waals surface area contributed by atoms with E-state index in [1.165, 1.54) is 12.1 Å². The fraction of sp³-hybridized carbons (Fsp3) is 0.143. The summed E-state index contributed by atoms with van der Waals surface area (Å²) in [6.07, 6.45) is -2.35. The lowest BCUT2D eigenvalue weighted by Gasteiger charge is -2.14. The molecule has 18 heavy (non-hydrogen) atoms. The maximum Gasteiger partial charge on any atom is 0.163 e. The fourth-order valence-electron chi connectivity index (χ4n) is 1.85. The van der Waals surface area contributed by atoms with E-state index in [4.69, 9.17) is 4.11 Å². The predicted octanol–water partition coefficient (Wildman–Crippen LogP) is 3.65. The maximum absolute atomic E-state index is 14.1. The van der Waals surface area contributed by atoms with E-state index in [0.29, 0.717) is 16.7 Å². The van der Waals surface area contributed by atoms with E-state index in [-0.39, 0.29) is 11.1 Å². The van der Waals surface area contributed by atoms with Gasteiger partial charge in [-0.3, -0.25) is 0 Å². The second-order valence-electron chi connectivity index (χ2n) is 3.83. The van der Waals surface area contributed by atoms with Crippen LogP contribution in [0, 0.1) is 11.6 Å². The first-order valence-electron chi connectivity index (χ1n) is 6.75. The summed E-state index contributed by atoms with van der Waals surface area (Å²) in [6.45, 7) is 0. The molecule has 0 radical (unpaired) electrons. The molecule has 1 heterocycles. The van der Waals surface area contributed by atoms with Gasteiger partial charge in [-0.15, -0.1) is 11.8 Å². The Kier molecular flexibility index (Phi) is 2.10. The van der Waals surface area contributed by atoms with Crippen molar-refractivity contribution in [2.75, 3.05) is 0 Å². The second-order valence-corrected chi connectivity index (χ2v) is 4.68. The van der Waals surface area contributed by atoms with Crippen molar-refractivity contribution >= 4 is 11.8 Å². The Labute approximate surface area is 112 Å². The highest BCUT2D eigenvalue weighted by atomic mass is 32.2. The monoisotopic (exact) mass is 267 g/mol. The first-order chi connectivity index (χ1) is 9.75. The summed E-state index contributed by atoms with van der Waals surface area (Å²) in [7, 11) is 0. The molecule has 92 valence electrons. The van der Waals surface area contributed by atoms with Crippen molar-refractivity contribution in [1.82, 2.24) is 0 Å². The van der Waals surface area contributed by atoms with Crippen LogP contribution in [0.15, 0.2) is 41.3 Å². The van der Waals surface area contributed by atoms with Crippen LogP contribution in [0.4, 0.5) is 8.78 Å². The van der Waals surface area contributed by atoms with Crippen LogP contribution in [0.25, 0.3) is 0 Å². The molecule has 0 saturated carbocycles. The van der Waals surface area contributed by atoms with E-state index >= 15 is 0 Å². The third kappa shape index (κ3) is 1.72. The number of thioether (sulfide) groups is 1. The topological polar surface area (TPSA) is 20.2 Å². The number of benzene rings is 2. The number of hydrogen-bond donors (Lipinski definition) is 1. The van der Waals surface area contributed by atoms with Crippen molar-refractivity contribution in [3.8, 4) is 0 Å². The van der Waals surface area contributed by atoms with Crippen LogP contribution in [0.2, 0.25) is 0 Å². The molecular weight excluding hydrogens is 254 g/mol. The molecule has 0 bridgehead atoms. The number of aliphatic hydroxyl groups is 1. The summed E-state index contributed by atoms with van der Waals surface area (Å²) in [6, 6.07) is 8.09. The van der Waals surface area contributed by atoms with Crippen molar-refractivity contribution in [2.45, 2.75) is 16.7 Å². The van der Waals surface area contributed by atoms with Gasteiger partial charge < -0.3 is 5.11 Å². The zero-order valence-corrected chi connectivity index (χ0v) is 9.89. The Morgan fingerprint density at radius 3 is 2.83 bits per heavy atom. The molecular formula is C14H10F2OS. The van der Waals surface area contributed by atoms with Gasteiger partial charge in [-0.25, -0.2) is 8.78 Å². The number of rotatable bonds is 0. The minimum Gasteiger partial charge on any atom is -0.384 e. The van der Waals surface area contributed by atoms with Crippen molar-refractivity contribution in [3.05, 3.63) is 64.7 Å². The van der Waals surface area contributed by atoms with Gasteiger partial charge in [0.2, 0.25) is 0 Å². The number of hydrogen-bond acceptors (Lipinski definition) is 2. The minimum absolute atomic E-state index is 0.142. The summed E-state index contributed by atoms with van der Waals surface area (Å²) in [5.74, 6) is -2.58. The third-order valence-electron chi connectivity index (χ3n) is 2.76. The molecule has 1 N–H and O–H groups in total. The highest BCUT2D eigenvalue weighted by molar-refractivity contribution is 7.98. The van der Waals surface area contributed by atoms with E-state index < -0.39 is 29.0 Å². The molecule has 1 aliphatic rings. The van der Waals surface area contributed by atoms with Gasteiger partial charge in [0.05, 0.1) is 1.37 Å². The molecule has 0 fully saturated rings. The number of halogens is 2. The summed E-state index contributed by atoms with van der Waals surface area (Å²) in [5.41, 5.74) is -3.07. The van der Waals surface area contributed by atoms with Gasteiger partial charge in [-0.2, -0.15) is 0 Å². The molecule has 1 atom stereocenters. The van der Waals surface area contributed by atoms with Gasteiger partial charge in [-0.1, -0.05) is 24.3 Å². The van der Waals surface area contributed by atoms with Gasteiger partial charge in [0, 0.05) is 18.9 Å². The smallest absolute Gasteiger partial charge is 0.163 e. The van der Waals surface area contributed by atoms with Crippen molar-refractivity contribution in [1.29, 1.82) is 0 Å². The van der Waals surface area contributed by atoms with Gasteiger partial charge >= 0.3 is 0 Å². The minimum atomic E-state index is -2.35. The Morgan fingerprint density at radius 2 is 2.00 bits per heavy atom. The fourth-order valence-corrected chi connectivity index (χ4v) is 2.68. The average molecular weight is 267 g/mol. The standard InChI is InChI=1S/C14H10F2OS/c15-11-6-5-8-10(13(11)16)7-18-12-4-2-1-3-9(12)14(8)17/h1-6,14,17H,7H2/i7D2,14D. The average Bonchev–Trinajstić information content (AvgIpc) is 2.47. The normalized spacial score (nSPS) is 27.2. The van der Waals surface area contributed by atoms with E-state index in [1.54, 1.807) is 12.1 Å². The summed E-state index contributed by atoms with van der Waals surface area (Å²) in [4.78, 5) is 0.316. The molecule has 2 aromatic carbocycles. The second kappa shape index (κ2) is 4.37. The zero-order chi connectivity index (χ0) is 15.4. The molecule has 2 aromatic rings. The Hall–Kier alpha value is -1.39. The number of fused-ring (bicyclic) bond motifs is 2. The van der Waals surface area contributed by atoms with E-state index in [2.05, 4.69) is 0 Å². The van der Waals surface area contributed by atoms with Crippen LogP contribution >= 0.6 is 11.8 Å². The Bertz CT molecular complexity index is 734. The lowest BCUT2D eigenvalue weighted by molar-refractivity contribution is 0.216. The SMILES string of the molecule is [2H]C1([2H])Sc2ccccc2C([2H])(O)c2ccc(F)c(F)c21. The first-order valence-corrected chi connectivity index (χ1v) is 6.06.